The Morgan fingerprint density at radius 1 is 0.903 bits per heavy atom. The van der Waals surface area contributed by atoms with E-state index in [4.69, 9.17) is 0 Å². The highest BCUT2D eigenvalue weighted by Gasteiger charge is 2.53. The fraction of sp³-hybridized carbons (Fsp3) is 0.300. The van der Waals surface area contributed by atoms with Gasteiger partial charge in [0.05, 0.1) is 16.8 Å². The van der Waals surface area contributed by atoms with Crippen molar-refractivity contribution in [1.82, 2.24) is 4.90 Å². The normalized spacial score (nSPS) is 20.0. The summed E-state index contributed by atoms with van der Waals surface area (Å²) in [6, 6.07) is 6.45. The molecule has 0 N–H and O–H groups in total. The maximum absolute atomic E-state index is 13.2. The van der Waals surface area contributed by atoms with Crippen molar-refractivity contribution >= 4 is 33.6 Å². The first-order valence-corrected chi connectivity index (χ1v) is 9.60. The summed E-state index contributed by atoms with van der Waals surface area (Å²) in [5.41, 5.74) is -4.86. The minimum absolute atomic E-state index is 0.0168. The number of hydrogen-bond acceptors (Lipinski definition) is 2. The summed E-state index contributed by atoms with van der Waals surface area (Å²) in [5.74, 6) is -0.921. The number of likely N-dealkylation sites (N-methyl/N-ethyl adjacent to an activating group) is 1. The molecule has 0 unspecified atom stereocenters. The van der Waals surface area contributed by atoms with Crippen LogP contribution in [0.1, 0.15) is 23.6 Å². The number of amides is 3. The van der Waals surface area contributed by atoms with Crippen LogP contribution in [0.15, 0.2) is 46.9 Å². The molecule has 4 nitrogen and oxygen atoms in total. The van der Waals surface area contributed by atoms with Crippen LogP contribution >= 0.6 is 15.9 Å². The first-order chi connectivity index (χ1) is 14.1. The largest absolute Gasteiger partial charge is 0.416 e. The van der Waals surface area contributed by atoms with E-state index >= 15 is 0 Å². The second-order valence-corrected chi connectivity index (χ2v) is 8.24. The fourth-order valence-corrected chi connectivity index (χ4v) is 3.59. The van der Waals surface area contributed by atoms with Gasteiger partial charge in [0.2, 0.25) is 0 Å². The molecule has 0 bridgehead atoms. The van der Waals surface area contributed by atoms with Crippen LogP contribution in [-0.2, 0) is 23.6 Å². The van der Waals surface area contributed by atoms with Gasteiger partial charge in [-0.1, -0.05) is 28.1 Å². The van der Waals surface area contributed by atoms with Crippen molar-refractivity contribution < 1.29 is 35.9 Å². The number of alkyl halides is 6. The first-order valence-electron chi connectivity index (χ1n) is 8.81. The SMILES string of the molecule is CN1C(=O)N(c2cc(C(F)(F)F)cc(C(F)(F)F)c2)C(=O)[C@@]1(C)Cc1ccc(Br)cc1. The van der Waals surface area contributed by atoms with E-state index in [9.17, 15) is 35.9 Å². The summed E-state index contributed by atoms with van der Waals surface area (Å²) >= 11 is 3.27. The zero-order valence-electron chi connectivity index (χ0n) is 16.1. The molecule has 0 spiro atoms. The van der Waals surface area contributed by atoms with Gasteiger partial charge in [0.25, 0.3) is 5.91 Å². The molecule has 1 heterocycles. The lowest BCUT2D eigenvalue weighted by Crippen LogP contribution is -2.47. The molecule has 31 heavy (non-hydrogen) atoms. The number of hydrogen-bond donors (Lipinski definition) is 0. The molecule has 166 valence electrons. The third kappa shape index (κ3) is 4.28. The van der Waals surface area contributed by atoms with Gasteiger partial charge in [-0.3, -0.25) is 4.79 Å². The van der Waals surface area contributed by atoms with Gasteiger partial charge < -0.3 is 4.90 Å². The van der Waals surface area contributed by atoms with E-state index < -0.39 is 46.6 Å². The summed E-state index contributed by atoms with van der Waals surface area (Å²) < 4.78 is 79.9. The molecule has 3 amide bonds. The Morgan fingerprint density at radius 2 is 1.39 bits per heavy atom. The Balaban J connectivity index is 2.08. The molecule has 0 aromatic heterocycles. The van der Waals surface area contributed by atoms with E-state index in [0.29, 0.717) is 22.6 Å². The van der Waals surface area contributed by atoms with Crippen LogP contribution in [0.4, 0.5) is 36.8 Å². The zero-order valence-corrected chi connectivity index (χ0v) is 17.7. The van der Waals surface area contributed by atoms with Crippen molar-refractivity contribution in [3.63, 3.8) is 0 Å². The number of carbonyl (C=O) groups excluding carboxylic acids is 2. The van der Waals surface area contributed by atoms with E-state index in [0.717, 1.165) is 9.37 Å². The van der Waals surface area contributed by atoms with Crippen molar-refractivity contribution in [3.05, 3.63) is 63.6 Å². The first kappa shape index (κ1) is 23.1. The maximum Gasteiger partial charge on any atom is 0.416 e. The number of anilines is 1. The van der Waals surface area contributed by atoms with Gasteiger partial charge in [0, 0.05) is 17.9 Å². The number of benzene rings is 2. The average Bonchev–Trinajstić information content (AvgIpc) is 2.82. The van der Waals surface area contributed by atoms with Gasteiger partial charge in [-0.05, 0) is 42.8 Å². The Labute approximate surface area is 181 Å². The molecule has 11 heteroatoms. The second-order valence-electron chi connectivity index (χ2n) is 7.32. The molecule has 1 aliphatic rings. The van der Waals surface area contributed by atoms with Gasteiger partial charge in [0.1, 0.15) is 5.54 Å². The number of rotatable bonds is 3. The molecule has 0 radical (unpaired) electrons. The second kappa shape index (κ2) is 7.54. The molecule has 1 aliphatic heterocycles. The van der Waals surface area contributed by atoms with Crippen molar-refractivity contribution in [2.45, 2.75) is 31.2 Å². The van der Waals surface area contributed by atoms with Crippen molar-refractivity contribution in [3.8, 4) is 0 Å². The van der Waals surface area contributed by atoms with Crippen LogP contribution in [0, 0.1) is 0 Å². The van der Waals surface area contributed by atoms with Crippen LogP contribution < -0.4 is 4.90 Å². The van der Waals surface area contributed by atoms with E-state index in [2.05, 4.69) is 15.9 Å². The Kier molecular flexibility index (Phi) is 5.62. The van der Waals surface area contributed by atoms with Crippen LogP contribution in [0.5, 0.6) is 0 Å². The summed E-state index contributed by atoms with van der Waals surface area (Å²) in [4.78, 5) is 27.3. The zero-order chi connectivity index (χ0) is 23.4. The number of urea groups is 1. The molecule has 2 aromatic carbocycles. The molecule has 0 aliphatic carbocycles. The number of imide groups is 1. The smallest absolute Gasteiger partial charge is 0.312 e. The lowest BCUT2D eigenvalue weighted by atomic mass is 9.91. The van der Waals surface area contributed by atoms with Gasteiger partial charge >= 0.3 is 18.4 Å². The molecule has 1 atom stereocenters. The van der Waals surface area contributed by atoms with Crippen LogP contribution in [-0.4, -0.2) is 29.4 Å². The van der Waals surface area contributed by atoms with E-state index in [-0.39, 0.29) is 12.5 Å². The molecule has 3 rings (SSSR count). The number of nitrogens with zero attached hydrogens (tertiary/aromatic N) is 2. The predicted octanol–water partition coefficient (Wildman–Crippen LogP) is 5.89. The van der Waals surface area contributed by atoms with Crippen LogP contribution in [0.3, 0.4) is 0 Å². The molecule has 1 saturated heterocycles. The third-order valence-corrected chi connectivity index (χ3v) is 5.70. The topological polar surface area (TPSA) is 40.6 Å². The summed E-state index contributed by atoms with van der Waals surface area (Å²) in [6.45, 7) is 1.41. The average molecular weight is 509 g/mol. The Morgan fingerprint density at radius 3 is 1.84 bits per heavy atom. The maximum atomic E-state index is 13.2. The molecular weight excluding hydrogens is 494 g/mol. The summed E-state index contributed by atoms with van der Waals surface area (Å²) in [7, 11) is 1.28. The van der Waals surface area contributed by atoms with Crippen molar-refractivity contribution in [2.75, 3.05) is 11.9 Å². The highest BCUT2D eigenvalue weighted by atomic mass is 79.9. The number of carbonyl (C=O) groups is 2. The molecule has 1 fully saturated rings. The highest BCUT2D eigenvalue weighted by Crippen LogP contribution is 2.41. The summed E-state index contributed by atoms with van der Waals surface area (Å²) in [5, 5.41) is 0. The quantitative estimate of drug-likeness (QED) is 0.383. The fourth-order valence-electron chi connectivity index (χ4n) is 3.32. The molecule has 0 saturated carbocycles. The van der Waals surface area contributed by atoms with Gasteiger partial charge in [-0.25, -0.2) is 9.69 Å². The van der Waals surface area contributed by atoms with E-state index in [1.807, 2.05) is 0 Å². The molecular formula is C20H15BrF6N2O2. The third-order valence-electron chi connectivity index (χ3n) is 5.17. The van der Waals surface area contributed by atoms with E-state index in [1.54, 1.807) is 24.3 Å². The predicted molar refractivity (Wildman–Crippen MR) is 103 cm³/mol. The molecule has 2 aromatic rings. The van der Waals surface area contributed by atoms with Crippen LogP contribution in [0.25, 0.3) is 0 Å². The van der Waals surface area contributed by atoms with Gasteiger partial charge in [0.15, 0.2) is 0 Å². The lowest BCUT2D eigenvalue weighted by Gasteiger charge is -2.28. The highest BCUT2D eigenvalue weighted by molar-refractivity contribution is 9.10. The Hall–Kier alpha value is -2.56. The Bertz CT molecular complexity index is 1000. The van der Waals surface area contributed by atoms with Crippen LogP contribution in [0.2, 0.25) is 0 Å². The minimum Gasteiger partial charge on any atom is -0.312 e. The number of halogens is 7. The monoisotopic (exact) mass is 508 g/mol. The van der Waals surface area contributed by atoms with Crippen molar-refractivity contribution in [2.24, 2.45) is 0 Å². The van der Waals surface area contributed by atoms with Crippen molar-refractivity contribution in [1.29, 1.82) is 0 Å². The standard InChI is InChI=1S/C20H15BrF6N2O2/c1-18(10-11-3-5-14(21)6-4-11)16(30)29(17(31)28(18)2)15-8-12(19(22,23)24)7-13(9-15)20(25,26)27/h3-9H,10H2,1-2H3/t18-/m1/s1. The minimum atomic E-state index is -5.10. The summed E-state index contributed by atoms with van der Waals surface area (Å²) in [6.07, 6.45) is -10.2. The lowest BCUT2D eigenvalue weighted by molar-refractivity contribution is -0.143. The van der Waals surface area contributed by atoms with Gasteiger partial charge in [-0.2, -0.15) is 26.3 Å². The van der Waals surface area contributed by atoms with Gasteiger partial charge in [-0.15, -0.1) is 0 Å². The van der Waals surface area contributed by atoms with E-state index in [1.165, 1.54) is 14.0 Å².